The zero-order chi connectivity index (χ0) is 8.55. The molecule has 2 aliphatic rings. The minimum Gasteiger partial charge on any atom is -0.381 e. The van der Waals surface area contributed by atoms with Gasteiger partial charge in [0.2, 0.25) is 5.91 Å². The van der Waals surface area contributed by atoms with Crippen LogP contribution in [-0.4, -0.2) is 37.6 Å². The molecule has 2 unspecified atom stereocenters. The van der Waals surface area contributed by atoms with Crippen LogP contribution in [0.3, 0.4) is 0 Å². The van der Waals surface area contributed by atoms with Gasteiger partial charge >= 0.3 is 0 Å². The molecular weight excluding hydrogens is 154 g/mol. The van der Waals surface area contributed by atoms with Crippen LogP contribution in [0.4, 0.5) is 0 Å². The molecule has 1 amide bonds. The summed E-state index contributed by atoms with van der Waals surface area (Å²) in [6.45, 7) is 2.57. The summed E-state index contributed by atoms with van der Waals surface area (Å²) in [5.41, 5.74) is 0. The second-order valence-corrected chi connectivity index (χ2v) is 3.78. The third-order valence-electron chi connectivity index (χ3n) is 3.00. The number of nitrogens with zero attached hydrogens (tertiary/aromatic N) is 1. The van der Waals surface area contributed by atoms with Crippen molar-refractivity contribution in [3.05, 3.63) is 0 Å². The lowest BCUT2D eigenvalue weighted by Crippen LogP contribution is -2.27. The SMILES string of the molecule is CN1CCC(C2CCOC2)C1=O. The average molecular weight is 169 g/mol. The maximum Gasteiger partial charge on any atom is 0.225 e. The highest BCUT2D eigenvalue weighted by atomic mass is 16.5. The first kappa shape index (κ1) is 8.05. The van der Waals surface area contributed by atoms with Crippen molar-refractivity contribution < 1.29 is 9.53 Å². The number of carbonyl (C=O) groups excluding carboxylic acids is 1. The topological polar surface area (TPSA) is 29.5 Å². The normalized spacial score (nSPS) is 36.4. The number of hydrogen-bond donors (Lipinski definition) is 0. The Morgan fingerprint density at radius 1 is 1.50 bits per heavy atom. The standard InChI is InChI=1S/C9H15NO2/c1-10-4-2-8(9(10)11)7-3-5-12-6-7/h7-8H,2-6H2,1H3. The molecule has 0 aromatic rings. The Kier molecular flexibility index (Phi) is 2.05. The van der Waals surface area contributed by atoms with E-state index in [-0.39, 0.29) is 5.92 Å². The number of ether oxygens (including phenoxy) is 1. The molecule has 3 nitrogen and oxygen atoms in total. The van der Waals surface area contributed by atoms with Crippen LogP contribution in [0.2, 0.25) is 0 Å². The second kappa shape index (κ2) is 3.05. The zero-order valence-corrected chi connectivity index (χ0v) is 7.45. The monoisotopic (exact) mass is 169 g/mol. The first-order valence-corrected chi connectivity index (χ1v) is 4.62. The lowest BCUT2D eigenvalue weighted by atomic mass is 9.90. The van der Waals surface area contributed by atoms with E-state index in [0.29, 0.717) is 11.8 Å². The van der Waals surface area contributed by atoms with Gasteiger partial charge in [0.05, 0.1) is 6.61 Å². The quantitative estimate of drug-likeness (QED) is 0.572. The first-order valence-electron chi connectivity index (χ1n) is 4.62. The molecule has 2 heterocycles. The van der Waals surface area contributed by atoms with Crippen molar-refractivity contribution in [3.63, 3.8) is 0 Å². The molecule has 0 radical (unpaired) electrons. The number of carbonyl (C=O) groups is 1. The summed E-state index contributed by atoms with van der Waals surface area (Å²) in [5, 5.41) is 0. The fourth-order valence-electron chi connectivity index (χ4n) is 2.16. The van der Waals surface area contributed by atoms with Crippen LogP contribution in [0.25, 0.3) is 0 Å². The van der Waals surface area contributed by atoms with Crippen molar-refractivity contribution >= 4 is 5.91 Å². The van der Waals surface area contributed by atoms with Gasteiger partial charge in [0.1, 0.15) is 0 Å². The Morgan fingerprint density at radius 3 is 2.83 bits per heavy atom. The van der Waals surface area contributed by atoms with E-state index < -0.39 is 0 Å². The maximum atomic E-state index is 11.6. The van der Waals surface area contributed by atoms with Crippen LogP contribution in [-0.2, 0) is 9.53 Å². The Bertz CT molecular complexity index is 187. The van der Waals surface area contributed by atoms with Crippen molar-refractivity contribution in [2.24, 2.45) is 11.8 Å². The minimum atomic E-state index is 0.262. The number of rotatable bonds is 1. The Balaban J connectivity index is 1.99. The molecule has 2 aliphatic heterocycles. The number of amides is 1. The van der Waals surface area contributed by atoms with Gasteiger partial charge in [-0.15, -0.1) is 0 Å². The lowest BCUT2D eigenvalue weighted by Gasteiger charge is -2.14. The van der Waals surface area contributed by atoms with Gasteiger partial charge in [0.15, 0.2) is 0 Å². The fourth-order valence-corrected chi connectivity index (χ4v) is 2.16. The summed E-state index contributed by atoms with van der Waals surface area (Å²) in [4.78, 5) is 13.4. The van der Waals surface area contributed by atoms with E-state index in [2.05, 4.69) is 0 Å². The highest BCUT2D eigenvalue weighted by Crippen LogP contribution is 2.30. The van der Waals surface area contributed by atoms with Crippen molar-refractivity contribution in [1.82, 2.24) is 4.90 Å². The van der Waals surface area contributed by atoms with Crippen LogP contribution in [0.15, 0.2) is 0 Å². The molecule has 0 bridgehead atoms. The fraction of sp³-hybridized carbons (Fsp3) is 0.889. The predicted molar refractivity (Wildman–Crippen MR) is 44.7 cm³/mol. The molecule has 0 aromatic carbocycles. The van der Waals surface area contributed by atoms with Gasteiger partial charge in [-0.1, -0.05) is 0 Å². The summed E-state index contributed by atoms with van der Waals surface area (Å²) >= 11 is 0. The molecule has 68 valence electrons. The highest BCUT2D eigenvalue weighted by Gasteiger charge is 2.36. The molecule has 2 saturated heterocycles. The number of hydrogen-bond acceptors (Lipinski definition) is 2. The molecule has 12 heavy (non-hydrogen) atoms. The van der Waals surface area contributed by atoms with E-state index >= 15 is 0 Å². The van der Waals surface area contributed by atoms with Crippen molar-refractivity contribution in [1.29, 1.82) is 0 Å². The van der Waals surface area contributed by atoms with Crippen LogP contribution < -0.4 is 0 Å². The van der Waals surface area contributed by atoms with Crippen LogP contribution >= 0.6 is 0 Å². The summed E-state index contributed by atoms with van der Waals surface area (Å²) in [5.74, 6) is 1.09. The average Bonchev–Trinajstić information content (AvgIpc) is 2.64. The van der Waals surface area contributed by atoms with Crippen LogP contribution in [0, 0.1) is 11.8 Å². The molecule has 0 spiro atoms. The van der Waals surface area contributed by atoms with Gasteiger partial charge in [-0.2, -0.15) is 0 Å². The first-order chi connectivity index (χ1) is 5.79. The lowest BCUT2D eigenvalue weighted by molar-refractivity contribution is -0.131. The molecular formula is C9H15NO2. The number of likely N-dealkylation sites (tertiary alicyclic amines) is 1. The van der Waals surface area contributed by atoms with Gasteiger partial charge in [0.25, 0.3) is 0 Å². The van der Waals surface area contributed by atoms with Gasteiger partial charge < -0.3 is 9.64 Å². The third kappa shape index (κ3) is 1.22. The van der Waals surface area contributed by atoms with Gasteiger partial charge in [0, 0.05) is 26.1 Å². The summed E-state index contributed by atoms with van der Waals surface area (Å²) in [6.07, 6.45) is 2.10. The van der Waals surface area contributed by atoms with E-state index in [1.807, 2.05) is 11.9 Å². The van der Waals surface area contributed by atoms with E-state index in [4.69, 9.17) is 4.74 Å². The Labute approximate surface area is 72.7 Å². The third-order valence-corrected chi connectivity index (χ3v) is 3.00. The molecule has 2 rings (SSSR count). The molecule has 3 heteroatoms. The van der Waals surface area contributed by atoms with Crippen LogP contribution in [0.1, 0.15) is 12.8 Å². The van der Waals surface area contributed by atoms with Crippen molar-refractivity contribution in [3.8, 4) is 0 Å². The molecule has 2 fully saturated rings. The zero-order valence-electron chi connectivity index (χ0n) is 7.45. The molecule has 2 atom stereocenters. The van der Waals surface area contributed by atoms with Crippen molar-refractivity contribution in [2.75, 3.05) is 26.8 Å². The predicted octanol–water partition coefficient (Wildman–Crippen LogP) is 0.501. The molecule has 0 saturated carbocycles. The van der Waals surface area contributed by atoms with Gasteiger partial charge in [-0.25, -0.2) is 0 Å². The Hall–Kier alpha value is -0.570. The van der Waals surface area contributed by atoms with Crippen LogP contribution in [0.5, 0.6) is 0 Å². The smallest absolute Gasteiger partial charge is 0.225 e. The molecule has 0 aliphatic carbocycles. The highest BCUT2D eigenvalue weighted by molar-refractivity contribution is 5.80. The second-order valence-electron chi connectivity index (χ2n) is 3.78. The molecule has 0 aromatic heterocycles. The summed E-state index contributed by atoms with van der Waals surface area (Å²) in [7, 11) is 1.89. The Morgan fingerprint density at radius 2 is 2.33 bits per heavy atom. The van der Waals surface area contributed by atoms with E-state index in [1.54, 1.807) is 0 Å². The minimum absolute atomic E-state index is 0.262. The maximum absolute atomic E-state index is 11.6. The summed E-state index contributed by atoms with van der Waals surface area (Å²) in [6, 6.07) is 0. The van der Waals surface area contributed by atoms with E-state index in [0.717, 1.165) is 32.6 Å². The van der Waals surface area contributed by atoms with E-state index in [1.165, 1.54) is 0 Å². The molecule has 0 N–H and O–H groups in total. The summed E-state index contributed by atoms with van der Waals surface area (Å²) < 4.78 is 5.28. The van der Waals surface area contributed by atoms with Crippen molar-refractivity contribution in [2.45, 2.75) is 12.8 Å². The largest absolute Gasteiger partial charge is 0.381 e. The van der Waals surface area contributed by atoms with E-state index in [9.17, 15) is 4.79 Å². The van der Waals surface area contributed by atoms with Gasteiger partial charge in [-0.3, -0.25) is 4.79 Å². The van der Waals surface area contributed by atoms with Gasteiger partial charge in [-0.05, 0) is 18.8 Å².